The minimum absolute atomic E-state index is 0.125. The molecular weight excluding hydrogens is 276 g/mol. The second kappa shape index (κ2) is 9.33. The Bertz CT molecular complexity index is 446. The summed E-state index contributed by atoms with van der Waals surface area (Å²) in [7, 11) is 3.08. The predicted octanol–water partition coefficient (Wildman–Crippen LogP) is 1.28. The molecule has 1 unspecified atom stereocenters. The first-order valence-corrected chi connectivity index (χ1v) is 6.70. The van der Waals surface area contributed by atoms with Crippen molar-refractivity contribution in [3.8, 4) is 5.75 Å². The van der Waals surface area contributed by atoms with E-state index in [4.69, 9.17) is 18.9 Å². The Labute approximate surface area is 124 Å². The third-order valence-electron chi connectivity index (χ3n) is 2.81. The number of carbonyl (C=O) groups is 1. The molecule has 21 heavy (non-hydrogen) atoms. The first kappa shape index (κ1) is 17.4. The van der Waals surface area contributed by atoms with Gasteiger partial charge in [0.2, 0.25) is 0 Å². The molecule has 118 valence electrons. The Kier molecular flexibility index (Phi) is 7.74. The fraction of sp³-hybridized carbons (Fsp3) is 0.533. The maximum atomic E-state index is 11.5. The molecule has 0 radical (unpaired) electrons. The molecule has 0 aromatic heterocycles. The Morgan fingerprint density at radius 1 is 1.29 bits per heavy atom. The van der Waals surface area contributed by atoms with E-state index in [0.29, 0.717) is 12.4 Å². The van der Waals surface area contributed by atoms with Crippen molar-refractivity contribution in [1.29, 1.82) is 0 Å². The highest BCUT2D eigenvalue weighted by molar-refractivity contribution is 5.75. The molecule has 0 aliphatic heterocycles. The van der Waals surface area contributed by atoms with Crippen LogP contribution in [-0.2, 0) is 32.0 Å². The normalized spacial score (nSPS) is 12.0. The molecule has 6 heteroatoms. The molecular formula is C15H22O6. The number of hydrogen-bond donors (Lipinski definition) is 1. The van der Waals surface area contributed by atoms with Gasteiger partial charge < -0.3 is 24.1 Å². The summed E-state index contributed by atoms with van der Waals surface area (Å²) in [5.74, 6) is -0.0439. The lowest BCUT2D eigenvalue weighted by molar-refractivity contribution is -0.152. The molecule has 0 saturated heterocycles. The van der Waals surface area contributed by atoms with Gasteiger partial charge in [0.25, 0.3) is 0 Å². The fourth-order valence-electron chi connectivity index (χ4n) is 1.94. The van der Waals surface area contributed by atoms with E-state index in [1.807, 2.05) is 12.1 Å². The van der Waals surface area contributed by atoms with Crippen molar-refractivity contribution in [2.75, 3.05) is 27.6 Å². The van der Waals surface area contributed by atoms with Crippen LogP contribution in [-0.4, -0.2) is 44.8 Å². The van der Waals surface area contributed by atoms with Crippen LogP contribution in [0.25, 0.3) is 0 Å². The number of para-hydroxylation sites is 1. The van der Waals surface area contributed by atoms with E-state index in [2.05, 4.69) is 0 Å². The second-order valence-corrected chi connectivity index (χ2v) is 4.34. The van der Waals surface area contributed by atoms with Gasteiger partial charge in [0.15, 0.2) is 6.10 Å². The van der Waals surface area contributed by atoms with Crippen LogP contribution in [0.15, 0.2) is 18.2 Å². The quantitative estimate of drug-likeness (QED) is 0.420. The smallest absolute Gasteiger partial charge is 0.335 e. The lowest BCUT2D eigenvalue weighted by atomic mass is 10.0. The molecule has 0 aliphatic carbocycles. The largest absolute Gasteiger partial charge is 0.496 e. The number of rotatable bonds is 9. The summed E-state index contributed by atoms with van der Waals surface area (Å²) in [5.41, 5.74) is 1.54. The average molecular weight is 298 g/mol. The third-order valence-corrected chi connectivity index (χ3v) is 2.81. The predicted molar refractivity (Wildman–Crippen MR) is 76.0 cm³/mol. The number of methoxy groups -OCH3 is 2. The minimum Gasteiger partial charge on any atom is -0.496 e. The standard InChI is InChI=1S/C15H22O6/c1-4-21-15(17)13(16)8-11-6-5-7-12(14(11)19-3)9-20-10-18-2/h5-7,13,16H,4,8-10H2,1-3H3. The Hall–Kier alpha value is -1.63. The average Bonchev–Trinajstić information content (AvgIpc) is 2.48. The van der Waals surface area contributed by atoms with E-state index >= 15 is 0 Å². The number of benzene rings is 1. The maximum absolute atomic E-state index is 11.5. The van der Waals surface area contributed by atoms with E-state index in [1.165, 1.54) is 7.11 Å². The van der Waals surface area contributed by atoms with Gasteiger partial charge in [-0.05, 0) is 12.5 Å². The number of esters is 1. The van der Waals surface area contributed by atoms with Crippen molar-refractivity contribution in [2.24, 2.45) is 0 Å². The van der Waals surface area contributed by atoms with Crippen LogP contribution in [0.1, 0.15) is 18.1 Å². The highest BCUT2D eigenvalue weighted by atomic mass is 16.7. The van der Waals surface area contributed by atoms with Gasteiger partial charge in [0, 0.05) is 19.1 Å². The number of aliphatic hydroxyl groups is 1. The molecule has 1 N–H and O–H groups in total. The highest BCUT2D eigenvalue weighted by Gasteiger charge is 2.20. The molecule has 1 aromatic carbocycles. The number of ether oxygens (including phenoxy) is 4. The molecule has 1 aromatic rings. The van der Waals surface area contributed by atoms with E-state index in [-0.39, 0.29) is 19.8 Å². The molecule has 0 amide bonds. The van der Waals surface area contributed by atoms with Crippen LogP contribution in [0.4, 0.5) is 0 Å². The lowest BCUT2D eigenvalue weighted by Gasteiger charge is -2.15. The van der Waals surface area contributed by atoms with Crippen LogP contribution in [0.3, 0.4) is 0 Å². The molecule has 6 nitrogen and oxygen atoms in total. The second-order valence-electron chi connectivity index (χ2n) is 4.34. The van der Waals surface area contributed by atoms with Crippen LogP contribution >= 0.6 is 0 Å². The Morgan fingerprint density at radius 3 is 2.62 bits per heavy atom. The van der Waals surface area contributed by atoms with E-state index in [1.54, 1.807) is 20.1 Å². The van der Waals surface area contributed by atoms with Gasteiger partial charge in [-0.2, -0.15) is 0 Å². The fourth-order valence-corrected chi connectivity index (χ4v) is 1.94. The van der Waals surface area contributed by atoms with Gasteiger partial charge in [0.1, 0.15) is 12.5 Å². The summed E-state index contributed by atoms with van der Waals surface area (Å²) >= 11 is 0. The molecule has 0 heterocycles. The van der Waals surface area contributed by atoms with Gasteiger partial charge in [-0.1, -0.05) is 18.2 Å². The van der Waals surface area contributed by atoms with Crippen molar-refractivity contribution < 1.29 is 28.8 Å². The van der Waals surface area contributed by atoms with Crippen molar-refractivity contribution in [3.05, 3.63) is 29.3 Å². The molecule has 0 spiro atoms. The van der Waals surface area contributed by atoms with E-state index < -0.39 is 12.1 Å². The molecule has 0 fully saturated rings. The summed E-state index contributed by atoms with van der Waals surface area (Å²) in [4.78, 5) is 11.5. The SMILES string of the molecule is CCOC(=O)C(O)Cc1cccc(COCOC)c1OC. The van der Waals surface area contributed by atoms with Gasteiger partial charge in [-0.25, -0.2) is 4.79 Å². The molecule has 0 bridgehead atoms. The van der Waals surface area contributed by atoms with Gasteiger partial charge >= 0.3 is 5.97 Å². The lowest BCUT2D eigenvalue weighted by Crippen LogP contribution is -2.25. The van der Waals surface area contributed by atoms with Crippen molar-refractivity contribution >= 4 is 5.97 Å². The molecule has 1 atom stereocenters. The topological polar surface area (TPSA) is 74.2 Å². The summed E-state index contributed by atoms with van der Waals surface area (Å²) in [6.45, 7) is 2.43. The van der Waals surface area contributed by atoms with Crippen LogP contribution in [0.2, 0.25) is 0 Å². The molecule has 1 rings (SSSR count). The molecule has 0 aliphatic rings. The zero-order valence-corrected chi connectivity index (χ0v) is 12.6. The maximum Gasteiger partial charge on any atom is 0.335 e. The van der Waals surface area contributed by atoms with E-state index in [9.17, 15) is 9.90 Å². The highest BCUT2D eigenvalue weighted by Crippen LogP contribution is 2.26. The van der Waals surface area contributed by atoms with Gasteiger partial charge in [-0.3, -0.25) is 0 Å². The molecule has 0 saturated carbocycles. The van der Waals surface area contributed by atoms with Crippen molar-refractivity contribution in [3.63, 3.8) is 0 Å². The van der Waals surface area contributed by atoms with Crippen LogP contribution in [0, 0.1) is 0 Å². The monoisotopic (exact) mass is 298 g/mol. The van der Waals surface area contributed by atoms with E-state index in [0.717, 1.165) is 11.1 Å². The first-order chi connectivity index (χ1) is 10.1. The zero-order valence-electron chi connectivity index (χ0n) is 12.6. The first-order valence-electron chi connectivity index (χ1n) is 6.70. The zero-order chi connectivity index (χ0) is 15.7. The van der Waals surface area contributed by atoms with Crippen LogP contribution < -0.4 is 4.74 Å². The third kappa shape index (κ3) is 5.34. The summed E-state index contributed by atoms with van der Waals surface area (Å²) in [5, 5.41) is 9.85. The number of carbonyl (C=O) groups excluding carboxylic acids is 1. The Balaban J connectivity index is 2.81. The summed E-state index contributed by atoms with van der Waals surface area (Å²) < 4.78 is 20.3. The summed E-state index contributed by atoms with van der Waals surface area (Å²) in [6.07, 6.45) is -1.09. The van der Waals surface area contributed by atoms with Crippen LogP contribution in [0.5, 0.6) is 5.75 Å². The van der Waals surface area contributed by atoms with Crippen molar-refractivity contribution in [1.82, 2.24) is 0 Å². The minimum atomic E-state index is -1.21. The van der Waals surface area contributed by atoms with Gasteiger partial charge in [-0.15, -0.1) is 0 Å². The van der Waals surface area contributed by atoms with Gasteiger partial charge in [0.05, 0.1) is 20.3 Å². The number of aliphatic hydroxyl groups excluding tert-OH is 1. The van der Waals surface area contributed by atoms with Crippen molar-refractivity contribution in [2.45, 2.75) is 26.1 Å². The summed E-state index contributed by atoms with van der Waals surface area (Å²) in [6, 6.07) is 5.47. The Morgan fingerprint density at radius 2 is 2.00 bits per heavy atom. The number of hydrogen-bond acceptors (Lipinski definition) is 6.